The van der Waals surface area contributed by atoms with Gasteiger partial charge >= 0.3 is 0 Å². The van der Waals surface area contributed by atoms with E-state index in [0.29, 0.717) is 19.4 Å². The van der Waals surface area contributed by atoms with Gasteiger partial charge in [-0.3, -0.25) is 14.5 Å². The minimum absolute atomic E-state index is 0.0213. The normalized spacial score (nSPS) is 21.8. The number of hydrogen-bond donors (Lipinski definition) is 1. The van der Waals surface area contributed by atoms with Gasteiger partial charge in [-0.1, -0.05) is 20.3 Å². The number of imide groups is 1. The van der Waals surface area contributed by atoms with Crippen LogP contribution in [0.4, 0.5) is 0 Å². The van der Waals surface area contributed by atoms with E-state index in [1.807, 2.05) is 20.8 Å². The average Bonchev–Trinajstić information content (AvgIpc) is 2.12. The SMILES string of the molecule is CC(N)CCCCN1C(=O)CC(C)(C)CC1=O. The van der Waals surface area contributed by atoms with Gasteiger partial charge < -0.3 is 5.73 Å². The van der Waals surface area contributed by atoms with Crippen LogP contribution < -0.4 is 5.73 Å². The predicted octanol–water partition coefficient (Wildman–Crippen LogP) is 1.68. The highest BCUT2D eigenvalue weighted by Gasteiger charge is 2.36. The summed E-state index contributed by atoms with van der Waals surface area (Å²) < 4.78 is 0. The van der Waals surface area contributed by atoms with Gasteiger partial charge in [-0.05, 0) is 25.2 Å². The molecule has 0 saturated carbocycles. The molecule has 1 rings (SSSR count). The standard InChI is InChI=1S/C13H24N2O2/c1-10(14)6-4-5-7-15-11(16)8-13(2,3)9-12(15)17/h10H,4-9,14H2,1-3H3. The van der Waals surface area contributed by atoms with Crippen LogP contribution in [0.25, 0.3) is 0 Å². The Morgan fingerprint density at radius 1 is 1.24 bits per heavy atom. The van der Waals surface area contributed by atoms with Gasteiger partial charge in [0.25, 0.3) is 0 Å². The van der Waals surface area contributed by atoms with E-state index in [1.165, 1.54) is 4.90 Å². The summed E-state index contributed by atoms with van der Waals surface area (Å²) in [6.07, 6.45) is 3.73. The second-order valence-corrected chi connectivity index (χ2v) is 5.93. The Hall–Kier alpha value is -0.900. The van der Waals surface area contributed by atoms with Crippen molar-refractivity contribution in [2.24, 2.45) is 11.1 Å². The largest absolute Gasteiger partial charge is 0.328 e. The van der Waals surface area contributed by atoms with Crippen LogP contribution in [0.15, 0.2) is 0 Å². The van der Waals surface area contributed by atoms with Crippen molar-refractivity contribution in [3.8, 4) is 0 Å². The van der Waals surface area contributed by atoms with E-state index in [2.05, 4.69) is 0 Å². The van der Waals surface area contributed by atoms with Crippen LogP contribution in [0, 0.1) is 5.41 Å². The van der Waals surface area contributed by atoms with E-state index in [9.17, 15) is 9.59 Å². The molecule has 1 aliphatic rings. The van der Waals surface area contributed by atoms with Crippen molar-refractivity contribution in [1.29, 1.82) is 0 Å². The van der Waals surface area contributed by atoms with Crippen molar-refractivity contribution in [3.63, 3.8) is 0 Å². The lowest BCUT2D eigenvalue weighted by Crippen LogP contribution is -2.46. The molecule has 2 N–H and O–H groups in total. The molecule has 4 nitrogen and oxygen atoms in total. The predicted molar refractivity (Wildman–Crippen MR) is 67.2 cm³/mol. The zero-order valence-corrected chi connectivity index (χ0v) is 11.2. The summed E-state index contributed by atoms with van der Waals surface area (Å²) in [5.74, 6) is -0.0425. The molecule has 0 radical (unpaired) electrons. The van der Waals surface area contributed by atoms with Crippen molar-refractivity contribution in [2.45, 2.75) is 58.9 Å². The van der Waals surface area contributed by atoms with Gasteiger partial charge in [0, 0.05) is 25.4 Å². The smallest absolute Gasteiger partial charge is 0.229 e. The molecule has 1 atom stereocenters. The van der Waals surface area contributed by atoms with Crippen molar-refractivity contribution in [1.82, 2.24) is 4.90 Å². The monoisotopic (exact) mass is 240 g/mol. The first-order valence-corrected chi connectivity index (χ1v) is 6.40. The molecule has 1 fully saturated rings. The molecule has 1 unspecified atom stereocenters. The van der Waals surface area contributed by atoms with E-state index in [1.54, 1.807) is 0 Å². The molecule has 2 amide bonds. The highest BCUT2D eigenvalue weighted by Crippen LogP contribution is 2.31. The zero-order chi connectivity index (χ0) is 13.1. The highest BCUT2D eigenvalue weighted by molar-refractivity contribution is 5.98. The summed E-state index contributed by atoms with van der Waals surface area (Å²) in [6.45, 7) is 6.46. The van der Waals surface area contributed by atoms with E-state index in [0.717, 1.165) is 19.3 Å². The molecular weight excluding hydrogens is 216 g/mol. The van der Waals surface area contributed by atoms with Crippen LogP contribution in [0.5, 0.6) is 0 Å². The fourth-order valence-electron chi connectivity index (χ4n) is 2.20. The number of unbranched alkanes of at least 4 members (excludes halogenated alkanes) is 1. The average molecular weight is 240 g/mol. The lowest BCUT2D eigenvalue weighted by molar-refractivity contribution is -0.152. The molecule has 0 aromatic rings. The molecular formula is C13H24N2O2. The van der Waals surface area contributed by atoms with Crippen LogP contribution in [-0.4, -0.2) is 29.3 Å². The molecule has 0 spiro atoms. The highest BCUT2D eigenvalue weighted by atomic mass is 16.2. The maximum Gasteiger partial charge on any atom is 0.229 e. The van der Waals surface area contributed by atoms with Crippen LogP contribution in [0.1, 0.15) is 52.9 Å². The third kappa shape index (κ3) is 4.46. The van der Waals surface area contributed by atoms with Crippen molar-refractivity contribution >= 4 is 11.8 Å². The molecule has 1 saturated heterocycles. The summed E-state index contributed by atoms with van der Waals surface area (Å²) in [7, 11) is 0. The van der Waals surface area contributed by atoms with Crippen LogP contribution in [0.3, 0.4) is 0 Å². The summed E-state index contributed by atoms with van der Waals surface area (Å²) in [4.78, 5) is 25.1. The Bertz CT molecular complexity index is 278. The van der Waals surface area contributed by atoms with Crippen LogP contribution in [-0.2, 0) is 9.59 Å². The van der Waals surface area contributed by atoms with Crippen molar-refractivity contribution < 1.29 is 9.59 Å². The van der Waals surface area contributed by atoms with Gasteiger partial charge in [0.05, 0.1) is 0 Å². The number of rotatable bonds is 5. The molecule has 0 bridgehead atoms. The van der Waals surface area contributed by atoms with Gasteiger partial charge in [-0.25, -0.2) is 0 Å². The minimum atomic E-state index is -0.170. The summed E-state index contributed by atoms with van der Waals surface area (Å²) in [5, 5.41) is 0. The summed E-state index contributed by atoms with van der Waals surface area (Å²) >= 11 is 0. The third-order valence-corrected chi connectivity index (χ3v) is 3.15. The van der Waals surface area contributed by atoms with Crippen molar-refractivity contribution in [3.05, 3.63) is 0 Å². The Morgan fingerprint density at radius 3 is 2.24 bits per heavy atom. The van der Waals surface area contributed by atoms with Crippen LogP contribution >= 0.6 is 0 Å². The molecule has 1 aliphatic heterocycles. The minimum Gasteiger partial charge on any atom is -0.328 e. The molecule has 0 aromatic carbocycles. The topological polar surface area (TPSA) is 63.4 Å². The Kier molecular flexibility index (Phi) is 4.69. The number of nitrogens with zero attached hydrogens (tertiary/aromatic N) is 1. The maximum atomic E-state index is 11.8. The molecule has 0 aromatic heterocycles. The number of carbonyl (C=O) groups is 2. The fraction of sp³-hybridized carbons (Fsp3) is 0.846. The molecule has 17 heavy (non-hydrogen) atoms. The van der Waals surface area contributed by atoms with Gasteiger partial charge in [0.1, 0.15) is 0 Å². The first kappa shape index (κ1) is 14.2. The second-order valence-electron chi connectivity index (χ2n) is 5.93. The van der Waals surface area contributed by atoms with Crippen LogP contribution in [0.2, 0.25) is 0 Å². The quantitative estimate of drug-likeness (QED) is 0.587. The third-order valence-electron chi connectivity index (χ3n) is 3.15. The maximum absolute atomic E-state index is 11.8. The fourth-order valence-corrected chi connectivity index (χ4v) is 2.20. The van der Waals surface area contributed by atoms with Gasteiger partial charge in [-0.15, -0.1) is 0 Å². The number of likely N-dealkylation sites (tertiary alicyclic amines) is 1. The van der Waals surface area contributed by atoms with Crippen molar-refractivity contribution in [2.75, 3.05) is 6.54 Å². The number of nitrogens with two attached hydrogens (primary N) is 1. The first-order valence-electron chi connectivity index (χ1n) is 6.40. The number of hydrogen-bond acceptors (Lipinski definition) is 3. The number of amides is 2. The molecule has 1 heterocycles. The van der Waals surface area contributed by atoms with Gasteiger partial charge in [0.2, 0.25) is 11.8 Å². The van der Waals surface area contributed by atoms with E-state index < -0.39 is 0 Å². The molecule has 0 aliphatic carbocycles. The molecule has 98 valence electrons. The Morgan fingerprint density at radius 2 is 1.76 bits per heavy atom. The van der Waals surface area contributed by atoms with E-state index in [-0.39, 0.29) is 23.3 Å². The second kappa shape index (κ2) is 5.63. The summed E-state index contributed by atoms with van der Waals surface area (Å²) in [6, 6.07) is 0.196. The summed E-state index contributed by atoms with van der Waals surface area (Å²) in [5.41, 5.74) is 5.48. The van der Waals surface area contributed by atoms with Gasteiger partial charge in [0.15, 0.2) is 0 Å². The van der Waals surface area contributed by atoms with E-state index in [4.69, 9.17) is 5.73 Å². The number of piperidine rings is 1. The lowest BCUT2D eigenvalue weighted by Gasteiger charge is -2.34. The van der Waals surface area contributed by atoms with Gasteiger partial charge in [-0.2, -0.15) is 0 Å². The zero-order valence-electron chi connectivity index (χ0n) is 11.2. The Labute approximate surface area is 104 Å². The molecule has 4 heteroatoms. The number of carbonyl (C=O) groups excluding carboxylic acids is 2. The lowest BCUT2D eigenvalue weighted by atomic mass is 9.81. The first-order chi connectivity index (χ1) is 7.82. The van der Waals surface area contributed by atoms with E-state index >= 15 is 0 Å². The Balaban J connectivity index is 2.39.